The third kappa shape index (κ3) is 7.57. The molecular formula is C18H29N3O4. The molecular weight excluding hydrogens is 322 g/mol. The maximum atomic E-state index is 12.4. The number of hydrogen-bond acceptors (Lipinski definition) is 6. The minimum absolute atomic E-state index is 0.0827. The van der Waals surface area contributed by atoms with Gasteiger partial charge in [0.15, 0.2) is 0 Å². The number of carbonyl (C=O) groups excluding carboxylic acids is 2. The first-order chi connectivity index (χ1) is 12.0. The normalized spacial score (nSPS) is 15.8. The number of hydrogen-bond donors (Lipinski definition) is 1. The predicted octanol–water partition coefficient (Wildman–Crippen LogP) is 1.60. The predicted molar refractivity (Wildman–Crippen MR) is 93.3 cm³/mol. The number of ether oxygens (including phenoxy) is 2. The van der Waals surface area contributed by atoms with Gasteiger partial charge in [-0.3, -0.25) is 9.59 Å². The van der Waals surface area contributed by atoms with Gasteiger partial charge in [0, 0.05) is 32.4 Å². The lowest BCUT2D eigenvalue weighted by atomic mass is 9.96. The Labute approximate surface area is 150 Å². The SMILES string of the molecule is CCOC(=O)C1CCN(C(=O)/C(C#N)=C\NCCCOC(C)C)CC1. The highest BCUT2D eigenvalue weighted by molar-refractivity contribution is 5.97. The van der Waals surface area contributed by atoms with Crippen molar-refractivity contribution in [3.8, 4) is 6.07 Å². The number of carbonyl (C=O) groups is 2. The van der Waals surface area contributed by atoms with Crippen molar-refractivity contribution in [2.45, 2.75) is 46.1 Å². The average Bonchev–Trinajstić information content (AvgIpc) is 2.60. The van der Waals surface area contributed by atoms with Crippen LogP contribution in [0.2, 0.25) is 0 Å². The molecule has 0 spiro atoms. The Hall–Kier alpha value is -2.07. The van der Waals surface area contributed by atoms with Gasteiger partial charge in [0.2, 0.25) is 0 Å². The van der Waals surface area contributed by atoms with E-state index in [1.165, 1.54) is 6.20 Å². The highest BCUT2D eigenvalue weighted by Crippen LogP contribution is 2.19. The summed E-state index contributed by atoms with van der Waals surface area (Å²) in [6.45, 7) is 8.30. The molecule has 0 aromatic carbocycles. The van der Waals surface area contributed by atoms with Crippen LogP contribution in [-0.4, -0.2) is 55.7 Å². The second-order valence-electron chi connectivity index (χ2n) is 6.22. The quantitative estimate of drug-likeness (QED) is 0.294. The Morgan fingerprint density at radius 2 is 2.04 bits per heavy atom. The topological polar surface area (TPSA) is 91.7 Å². The number of nitrogens with one attached hydrogen (secondary N) is 1. The smallest absolute Gasteiger partial charge is 0.309 e. The third-order valence-electron chi connectivity index (χ3n) is 3.92. The van der Waals surface area contributed by atoms with Crippen molar-refractivity contribution in [1.82, 2.24) is 10.2 Å². The number of piperidine rings is 1. The lowest BCUT2D eigenvalue weighted by Crippen LogP contribution is -2.41. The minimum atomic E-state index is -0.296. The van der Waals surface area contributed by atoms with E-state index >= 15 is 0 Å². The molecule has 1 saturated heterocycles. The average molecular weight is 351 g/mol. The van der Waals surface area contributed by atoms with Crippen LogP contribution in [-0.2, 0) is 19.1 Å². The fourth-order valence-electron chi connectivity index (χ4n) is 2.56. The van der Waals surface area contributed by atoms with Crippen molar-refractivity contribution in [3.63, 3.8) is 0 Å². The largest absolute Gasteiger partial charge is 0.466 e. The van der Waals surface area contributed by atoms with Crippen molar-refractivity contribution in [2.75, 3.05) is 32.8 Å². The van der Waals surface area contributed by atoms with Crippen LogP contribution in [0.5, 0.6) is 0 Å². The van der Waals surface area contributed by atoms with E-state index in [1.807, 2.05) is 19.9 Å². The number of nitrogens with zero attached hydrogens (tertiary/aromatic N) is 2. The van der Waals surface area contributed by atoms with Crippen molar-refractivity contribution in [1.29, 1.82) is 5.26 Å². The molecule has 1 fully saturated rings. The molecule has 1 rings (SSSR count). The van der Waals surface area contributed by atoms with Crippen LogP contribution in [0.4, 0.5) is 0 Å². The van der Waals surface area contributed by atoms with Gasteiger partial charge in [0.25, 0.3) is 5.91 Å². The second-order valence-corrected chi connectivity index (χ2v) is 6.22. The molecule has 1 heterocycles. The first-order valence-corrected chi connectivity index (χ1v) is 8.90. The molecule has 0 bridgehead atoms. The second kappa shape index (κ2) is 11.5. The van der Waals surface area contributed by atoms with Gasteiger partial charge in [-0.15, -0.1) is 0 Å². The summed E-state index contributed by atoms with van der Waals surface area (Å²) in [7, 11) is 0. The van der Waals surface area contributed by atoms with Crippen LogP contribution in [0, 0.1) is 17.2 Å². The molecule has 0 aliphatic carbocycles. The van der Waals surface area contributed by atoms with Gasteiger partial charge in [0.1, 0.15) is 11.6 Å². The molecule has 1 aliphatic rings. The van der Waals surface area contributed by atoms with Crippen LogP contribution in [0.25, 0.3) is 0 Å². The van der Waals surface area contributed by atoms with Crippen LogP contribution >= 0.6 is 0 Å². The fourth-order valence-corrected chi connectivity index (χ4v) is 2.56. The molecule has 140 valence electrons. The molecule has 0 unspecified atom stereocenters. The van der Waals surface area contributed by atoms with Crippen LogP contribution < -0.4 is 5.32 Å². The molecule has 25 heavy (non-hydrogen) atoms. The Morgan fingerprint density at radius 3 is 2.60 bits per heavy atom. The summed E-state index contributed by atoms with van der Waals surface area (Å²) in [6, 6.07) is 1.95. The fraction of sp³-hybridized carbons (Fsp3) is 0.722. The highest BCUT2D eigenvalue weighted by atomic mass is 16.5. The molecule has 1 amide bonds. The lowest BCUT2D eigenvalue weighted by molar-refractivity contribution is -0.150. The van der Waals surface area contributed by atoms with E-state index < -0.39 is 0 Å². The number of nitriles is 1. The molecule has 0 aromatic rings. The van der Waals surface area contributed by atoms with Crippen molar-refractivity contribution < 1.29 is 19.1 Å². The molecule has 0 atom stereocenters. The maximum Gasteiger partial charge on any atom is 0.309 e. The molecule has 0 saturated carbocycles. The summed E-state index contributed by atoms with van der Waals surface area (Å²) in [5.41, 5.74) is 0.0827. The lowest BCUT2D eigenvalue weighted by Gasteiger charge is -2.30. The van der Waals surface area contributed by atoms with Gasteiger partial charge in [0.05, 0.1) is 18.6 Å². The van der Waals surface area contributed by atoms with Gasteiger partial charge in [-0.2, -0.15) is 5.26 Å². The summed E-state index contributed by atoms with van der Waals surface area (Å²) >= 11 is 0. The van der Waals surface area contributed by atoms with E-state index in [0.717, 1.165) is 6.42 Å². The zero-order valence-electron chi connectivity index (χ0n) is 15.4. The maximum absolute atomic E-state index is 12.4. The standard InChI is InChI=1S/C18H29N3O4/c1-4-24-18(23)15-6-9-21(10-7-15)17(22)16(12-19)13-20-8-5-11-25-14(2)3/h13-15,20H,4-11H2,1-3H3/b16-13-. The number of rotatable bonds is 9. The van der Waals surface area contributed by atoms with Crippen molar-refractivity contribution >= 4 is 11.9 Å². The molecule has 0 radical (unpaired) electrons. The van der Waals surface area contributed by atoms with Crippen molar-refractivity contribution in [3.05, 3.63) is 11.8 Å². The van der Waals surface area contributed by atoms with E-state index in [9.17, 15) is 14.9 Å². The summed E-state index contributed by atoms with van der Waals surface area (Å²) in [5, 5.41) is 12.2. The van der Waals surface area contributed by atoms with E-state index in [0.29, 0.717) is 45.7 Å². The highest BCUT2D eigenvalue weighted by Gasteiger charge is 2.29. The van der Waals surface area contributed by atoms with Crippen molar-refractivity contribution in [2.24, 2.45) is 5.92 Å². The Balaban J connectivity index is 2.40. The van der Waals surface area contributed by atoms with Gasteiger partial charge in [-0.1, -0.05) is 0 Å². The number of esters is 1. The monoisotopic (exact) mass is 351 g/mol. The zero-order valence-corrected chi connectivity index (χ0v) is 15.4. The Kier molecular flexibility index (Phi) is 9.63. The summed E-state index contributed by atoms with van der Waals surface area (Å²) < 4.78 is 10.4. The van der Waals surface area contributed by atoms with Crippen LogP contribution in [0.3, 0.4) is 0 Å². The van der Waals surface area contributed by atoms with Crippen LogP contribution in [0.15, 0.2) is 11.8 Å². The molecule has 7 heteroatoms. The zero-order chi connectivity index (χ0) is 18.7. The molecule has 0 aromatic heterocycles. The first-order valence-electron chi connectivity index (χ1n) is 8.90. The summed E-state index contributed by atoms with van der Waals surface area (Å²) in [5.74, 6) is -0.649. The number of amides is 1. The van der Waals surface area contributed by atoms with E-state index in [4.69, 9.17) is 9.47 Å². The molecule has 7 nitrogen and oxygen atoms in total. The Morgan fingerprint density at radius 1 is 1.36 bits per heavy atom. The third-order valence-corrected chi connectivity index (χ3v) is 3.92. The summed E-state index contributed by atoms with van der Waals surface area (Å²) in [6.07, 6.45) is 3.61. The minimum Gasteiger partial charge on any atom is -0.466 e. The molecule has 1 N–H and O–H groups in total. The van der Waals surface area contributed by atoms with Crippen LogP contribution in [0.1, 0.15) is 40.0 Å². The first kappa shape index (κ1) is 21.0. The van der Waals surface area contributed by atoms with Gasteiger partial charge < -0.3 is 19.7 Å². The Bertz CT molecular complexity index is 503. The van der Waals surface area contributed by atoms with E-state index in [2.05, 4.69) is 5.32 Å². The van der Waals surface area contributed by atoms with E-state index in [1.54, 1.807) is 11.8 Å². The van der Waals surface area contributed by atoms with Gasteiger partial charge in [-0.05, 0) is 40.0 Å². The van der Waals surface area contributed by atoms with Gasteiger partial charge in [-0.25, -0.2) is 0 Å². The summed E-state index contributed by atoms with van der Waals surface area (Å²) in [4.78, 5) is 25.7. The molecule has 1 aliphatic heterocycles. The number of likely N-dealkylation sites (tertiary alicyclic amines) is 1. The van der Waals surface area contributed by atoms with Gasteiger partial charge >= 0.3 is 5.97 Å². The van der Waals surface area contributed by atoms with E-state index in [-0.39, 0.29) is 29.5 Å².